The maximum atomic E-state index is 12.1. The van der Waals surface area contributed by atoms with Crippen molar-refractivity contribution in [2.75, 3.05) is 26.0 Å². The normalized spacial score (nSPS) is 16.4. The molecule has 252 valence electrons. The van der Waals surface area contributed by atoms with Crippen molar-refractivity contribution in [3.63, 3.8) is 0 Å². The van der Waals surface area contributed by atoms with Crippen LogP contribution in [0.2, 0.25) is 5.02 Å². The summed E-state index contributed by atoms with van der Waals surface area (Å²) in [5.74, 6) is 2.39. The van der Waals surface area contributed by atoms with Gasteiger partial charge in [-0.3, -0.25) is 9.88 Å². The molecule has 1 saturated heterocycles. The van der Waals surface area contributed by atoms with Crippen molar-refractivity contribution in [2.24, 2.45) is 0 Å². The molecule has 0 bridgehead atoms. The van der Waals surface area contributed by atoms with E-state index >= 15 is 0 Å². The van der Waals surface area contributed by atoms with Crippen LogP contribution in [0.25, 0.3) is 11.1 Å². The number of rotatable bonds is 12. The molecule has 1 unspecified atom stereocenters. The first-order valence-corrected chi connectivity index (χ1v) is 18.3. The molecule has 0 saturated carbocycles. The van der Waals surface area contributed by atoms with Gasteiger partial charge in [0, 0.05) is 48.8 Å². The third-order valence-electron chi connectivity index (χ3n) is 8.71. The van der Waals surface area contributed by atoms with E-state index in [9.17, 15) is 13.2 Å². The van der Waals surface area contributed by atoms with Crippen LogP contribution in [-0.4, -0.2) is 56.6 Å². The predicted octanol–water partition coefficient (Wildman–Crippen LogP) is 6.99. The zero-order valence-corrected chi connectivity index (χ0v) is 28.7. The third-order valence-corrected chi connectivity index (χ3v) is 10.1. The number of ether oxygens (including phenoxy) is 4. The monoisotopic (exact) mass is 690 g/mol. The number of piperidine rings is 1. The Hall–Kier alpha value is -4.12. The van der Waals surface area contributed by atoms with Crippen LogP contribution >= 0.6 is 11.6 Å². The predicted molar refractivity (Wildman–Crippen MR) is 184 cm³/mol. The van der Waals surface area contributed by atoms with Crippen molar-refractivity contribution >= 4 is 27.7 Å². The van der Waals surface area contributed by atoms with E-state index in [2.05, 4.69) is 22.9 Å². The number of fused-ring (bicyclic) bond motifs is 1. The van der Waals surface area contributed by atoms with Gasteiger partial charge in [-0.15, -0.1) is 0 Å². The minimum Gasteiger partial charge on any atom is -0.488 e. The molecule has 48 heavy (non-hydrogen) atoms. The highest BCUT2D eigenvalue weighted by atomic mass is 35.5. The van der Waals surface area contributed by atoms with Crippen LogP contribution < -0.4 is 18.9 Å². The molecule has 1 fully saturated rings. The summed E-state index contributed by atoms with van der Waals surface area (Å²) in [7, 11) is -3.40. The van der Waals surface area contributed by atoms with E-state index in [0.717, 1.165) is 66.3 Å². The quantitative estimate of drug-likeness (QED) is 0.146. The lowest BCUT2D eigenvalue weighted by molar-refractivity contribution is -0.109. The Morgan fingerprint density at radius 1 is 0.958 bits per heavy atom. The molecule has 0 amide bonds. The number of hydrogen-bond acceptors (Lipinski definition) is 9. The first kappa shape index (κ1) is 33.8. The van der Waals surface area contributed by atoms with Gasteiger partial charge in [-0.2, -0.15) is 0 Å². The highest BCUT2D eigenvalue weighted by Gasteiger charge is 2.22. The van der Waals surface area contributed by atoms with Crippen LogP contribution in [0.1, 0.15) is 47.9 Å². The Balaban J connectivity index is 1.22. The Kier molecular flexibility index (Phi) is 10.5. The lowest BCUT2D eigenvalue weighted by Gasteiger charge is -2.27. The first-order chi connectivity index (χ1) is 23.2. The number of nitrogens with zero attached hydrogens (tertiary/aromatic N) is 2. The molecular weight excluding hydrogens is 652 g/mol. The molecule has 1 atom stereocenters. The Morgan fingerprint density at radius 3 is 2.56 bits per heavy atom. The number of carbonyl (C=O) groups excluding carboxylic acids is 1. The highest BCUT2D eigenvalue weighted by Crippen LogP contribution is 2.39. The molecule has 3 aromatic carbocycles. The molecule has 0 spiro atoms. The summed E-state index contributed by atoms with van der Waals surface area (Å²) in [6.07, 6.45) is 8.46. The number of carbonyl (C=O) groups is 1. The van der Waals surface area contributed by atoms with Gasteiger partial charge in [0.05, 0.1) is 9.92 Å². The van der Waals surface area contributed by atoms with Crippen molar-refractivity contribution in [1.82, 2.24) is 9.88 Å². The van der Waals surface area contributed by atoms with Gasteiger partial charge >= 0.3 is 0 Å². The largest absolute Gasteiger partial charge is 0.488 e. The number of benzene rings is 3. The van der Waals surface area contributed by atoms with Gasteiger partial charge < -0.3 is 23.7 Å². The van der Waals surface area contributed by atoms with E-state index in [4.69, 9.17) is 30.5 Å². The fourth-order valence-electron chi connectivity index (χ4n) is 6.02. The maximum Gasteiger partial charge on any atom is 0.177 e. The van der Waals surface area contributed by atoms with Gasteiger partial charge in [0.2, 0.25) is 0 Å². The molecule has 0 aliphatic carbocycles. The average Bonchev–Trinajstić information content (AvgIpc) is 3.08. The topological polar surface area (TPSA) is 104 Å². The molecule has 0 radical (unpaired) electrons. The van der Waals surface area contributed by atoms with Gasteiger partial charge in [0.15, 0.2) is 21.3 Å². The van der Waals surface area contributed by atoms with E-state index in [1.165, 1.54) is 12.6 Å². The molecule has 9 nitrogen and oxygen atoms in total. The Bertz CT molecular complexity index is 1890. The van der Waals surface area contributed by atoms with Crippen LogP contribution in [0.15, 0.2) is 71.9 Å². The molecule has 2 aliphatic heterocycles. The minimum absolute atomic E-state index is 0.136. The Labute approximate surface area is 286 Å². The maximum absolute atomic E-state index is 12.1. The van der Waals surface area contributed by atoms with Gasteiger partial charge in [-0.05, 0) is 79.4 Å². The third kappa shape index (κ3) is 8.11. The van der Waals surface area contributed by atoms with Gasteiger partial charge in [0.1, 0.15) is 43.7 Å². The summed E-state index contributed by atoms with van der Waals surface area (Å²) >= 11 is 6.82. The first-order valence-electron chi connectivity index (χ1n) is 16.1. The second kappa shape index (κ2) is 15.0. The standard InChI is InChI=1S/C37H39ClN2O7S/c1-25-28(7-6-8-32(25)27-9-10-34-37(17-27)47-30(11-14-41)24-46-34)23-45-36-18-35(29(16-33(36)38)21-40-12-4-3-5-13-40)44-22-26-15-31(20-39-19-26)48(2,42)43/h6-10,14-20,30H,3-5,11-13,21-24H2,1-2H3. The molecular formula is C37H39ClN2O7S. The number of likely N-dealkylation sites (tertiary alicyclic amines) is 1. The summed E-state index contributed by atoms with van der Waals surface area (Å²) in [6, 6.07) is 17.2. The van der Waals surface area contributed by atoms with Crippen LogP contribution in [0.5, 0.6) is 23.0 Å². The van der Waals surface area contributed by atoms with Gasteiger partial charge in [-0.25, -0.2) is 8.42 Å². The fourth-order valence-corrected chi connectivity index (χ4v) is 6.88. The molecule has 6 rings (SSSR count). The van der Waals surface area contributed by atoms with E-state index in [1.807, 2.05) is 42.5 Å². The molecule has 3 heterocycles. The second-order valence-corrected chi connectivity index (χ2v) is 14.7. The molecule has 1 aromatic heterocycles. The summed E-state index contributed by atoms with van der Waals surface area (Å²) in [6.45, 7) is 5.51. The number of halogens is 1. The molecule has 2 aliphatic rings. The molecule has 0 N–H and O–H groups in total. The zero-order valence-electron chi connectivity index (χ0n) is 27.1. The average molecular weight is 691 g/mol. The van der Waals surface area contributed by atoms with Gasteiger partial charge in [-0.1, -0.05) is 42.3 Å². The van der Waals surface area contributed by atoms with Crippen LogP contribution in [-0.2, 0) is 34.4 Å². The van der Waals surface area contributed by atoms with Crippen LogP contribution in [0.3, 0.4) is 0 Å². The van der Waals surface area contributed by atoms with Crippen LogP contribution in [0, 0.1) is 6.92 Å². The van der Waals surface area contributed by atoms with E-state index in [-0.39, 0.29) is 30.6 Å². The molecule has 4 aromatic rings. The van der Waals surface area contributed by atoms with Crippen molar-refractivity contribution in [2.45, 2.75) is 63.4 Å². The second-order valence-electron chi connectivity index (χ2n) is 12.3. The number of pyridine rings is 1. The van der Waals surface area contributed by atoms with Crippen molar-refractivity contribution in [3.8, 4) is 34.1 Å². The summed E-state index contributed by atoms with van der Waals surface area (Å²) in [5.41, 5.74) is 5.61. The smallest absolute Gasteiger partial charge is 0.177 e. The van der Waals surface area contributed by atoms with Crippen molar-refractivity contribution in [1.29, 1.82) is 0 Å². The van der Waals surface area contributed by atoms with Crippen molar-refractivity contribution < 1.29 is 32.2 Å². The number of sulfone groups is 1. The fraction of sp³-hybridized carbons (Fsp3) is 0.351. The summed E-state index contributed by atoms with van der Waals surface area (Å²) in [4.78, 5) is 17.6. The Morgan fingerprint density at radius 2 is 1.77 bits per heavy atom. The highest BCUT2D eigenvalue weighted by molar-refractivity contribution is 7.90. The summed E-state index contributed by atoms with van der Waals surface area (Å²) in [5, 5.41) is 0.487. The van der Waals surface area contributed by atoms with E-state index < -0.39 is 9.84 Å². The van der Waals surface area contributed by atoms with E-state index in [1.54, 1.807) is 12.3 Å². The lowest BCUT2D eigenvalue weighted by Crippen LogP contribution is -2.29. The van der Waals surface area contributed by atoms with Crippen molar-refractivity contribution in [3.05, 3.63) is 94.3 Å². The number of aldehydes is 1. The zero-order chi connectivity index (χ0) is 33.7. The SMILES string of the molecule is Cc1c(COc2cc(OCc3cncc(S(C)(=O)=O)c3)c(CN3CCCCC3)cc2Cl)cccc1-c1ccc2c(c1)OC(CC=O)CO2. The lowest BCUT2D eigenvalue weighted by atomic mass is 9.96. The number of aromatic nitrogens is 1. The molecule has 11 heteroatoms. The summed E-state index contributed by atoms with van der Waals surface area (Å²) < 4.78 is 48.6. The van der Waals surface area contributed by atoms with Gasteiger partial charge in [0.25, 0.3) is 0 Å². The van der Waals surface area contributed by atoms with Crippen LogP contribution in [0.4, 0.5) is 0 Å². The van der Waals surface area contributed by atoms with E-state index in [0.29, 0.717) is 46.7 Å². The number of hydrogen-bond donors (Lipinski definition) is 0. The minimum atomic E-state index is -3.40.